The maximum Gasteiger partial charge on any atom is 0.244 e. The second kappa shape index (κ2) is 10.5. The molecular formula is C25H36N4O4S. The first-order chi connectivity index (χ1) is 16.3. The lowest BCUT2D eigenvalue weighted by Crippen LogP contribution is -2.48. The van der Waals surface area contributed by atoms with E-state index in [1.807, 2.05) is 0 Å². The van der Waals surface area contributed by atoms with E-state index in [1.54, 1.807) is 12.1 Å². The van der Waals surface area contributed by atoms with Gasteiger partial charge in [0.25, 0.3) is 0 Å². The maximum atomic E-state index is 13.3. The maximum absolute atomic E-state index is 13.3. The number of aryl methyl sites for hydroxylation is 1. The molecule has 2 aliphatic heterocycles. The molecule has 0 amide bonds. The number of ether oxygens (including phenoxy) is 2. The van der Waals surface area contributed by atoms with Crippen LogP contribution in [0.2, 0.25) is 0 Å². The Kier molecular flexibility index (Phi) is 7.67. The average molecular weight is 489 g/mol. The summed E-state index contributed by atoms with van der Waals surface area (Å²) in [5, 5.41) is 0. The first-order valence-corrected chi connectivity index (χ1v) is 13.3. The molecule has 1 unspecified atom stereocenters. The van der Waals surface area contributed by atoms with E-state index in [4.69, 9.17) is 9.47 Å². The average Bonchev–Trinajstić information content (AvgIpc) is 2.84. The predicted molar refractivity (Wildman–Crippen MR) is 135 cm³/mol. The van der Waals surface area contributed by atoms with Crippen LogP contribution in [-0.4, -0.2) is 85.8 Å². The summed E-state index contributed by atoms with van der Waals surface area (Å²) in [6, 6.07) is 11.3. The third-order valence-corrected chi connectivity index (χ3v) is 8.41. The molecule has 186 valence electrons. The van der Waals surface area contributed by atoms with Crippen molar-refractivity contribution in [3.63, 3.8) is 0 Å². The molecule has 34 heavy (non-hydrogen) atoms. The fraction of sp³-hybridized carbons (Fsp3) is 0.520. The van der Waals surface area contributed by atoms with Gasteiger partial charge in [-0.25, -0.2) is 13.1 Å². The van der Waals surface area contributed by atoms with Gasteiger partial charge in [0, 0.05) is 64.1 Å². The molecule has 4 rings (SSSR count). The van der Waals surface area contributed by atoms with Crippen molar-refractivity contribution in [2.75, 3.05) is 72.5 Å². The Hall–Kier alpha value is -2.33. The van der Waals surface area contributed by atoms with Crippen LogP contribution in [0.3, 0.4) is 0 Å². The number of rotatable bonds is 8. The van der Waals surface area contributed by atoms with Crippen molar-refractivity contribution < 1.29 is 17.9 Å². The Morgan fingerprint density at radius 2 is 1.74 bits per heavy atom. The summed E-state index contributed by atoms with van der Waals surface area (Å²) in [7, 11) is 3.48. The number of nitrogens with one attached hydrogen (secondary N) is 1. The number of piperazine rings is 1. The first kappa shape index (κ1) is 24.8. The van der Waals surface area contributed by atoms with Crippen molar-refractivity contribution in [1.29, 1.82) is 0 Å². The molecule has 1 atom stereocenters. The Bertz CT molecular complexity index is 1100. The first-order valence-electron chi connectivity index (χ1n) is 11.8. The van der Waals surface area contributed by atoms with Crippen LogP contribution in [0.25, 0.3) is 0 Å². The van der Waals surface area contributed by atoms with Crippen molar-refractivity contribution in [3.05, 3.63) is 47.5 Å². The Labute approximate surface area is 203 Å². The largest absolute Gasteiger partial charge is 0.497 e. The van der Waals surface area contributed by atoms with Crippen LogP contribution in [0.5, 0.6) is 11.5 Å². The number of sulfonamides is 1. The second-order valence-corrected chi connectivity index (χ2v) is 10.9. The molecule has 2 aromatic carbocycles. The number of likely N-dealkylation sites (N-methyl/N-ethyl adjacent to an activating group) is 1. The van der Waals surface area contributed by atoms with Gasteiger partial charge in [0.2, 0.25) is 10.0 Å². The Morgan fingerprint density at radius 1 is 0.971 bits per heavy atom. The summed E-state index contributed by atoms with van der Waals surface area (Å²) < 4.78 is 40.0. The van der Waals surface area contributed by atoms with Gasteiger partial charge in [-0.05, 0) is 49.2 Å². The van der Waals surface area contributed by atoms with E-state index in [1.165, 1.54) is 31.5 Å². The Morgan fingerprint density at radius 3 is 2.44 bits per heavy atom. The lowest BCUT2D eigenvalue weighted by atomic mass is 9.95. The molecule has 0 aliphatic carbocycles. The summed E-state index contributed by atoms with van der Waals surface area (Å²) in [4.78, 5) is 7.11. The molecule has 9 heteroatoms. The van der Waals surface area contributed by atoms with Crippen molar-refractivity contribution in [2.24, 2.45) is 0 Å². The molecule has 0 bridgehead atoms. The van der Waals surface area contributed by atoms with Gasteiger partial charge in [0.15, 0.2) is 0 Å². The number of hydrogen-bond donors (Lipinski definition) is 1. The van der Waals surface area contributed by atoms with Gasteiger partial charge in [-0.1, -0.05) is 12.1 Å². The van der Waals surface area contributed by atoms with E-state index in [0.717, 1.165) is 51.1 Å². The van der Waals surface area contributed by atoms with Crippen LogP contribution in [-0.2, 0) is 16.4 Å². The topological polar surface area (TPSA) is 74.4 Å². The van der Waals surface area contributed by atoms with E-state index >= 15 is 0 Å². The van der Waals surface area contributed by atoms with Gasteiger partial charge >= 0.3 is 0 Å². The third-order valence-electron chi connectivity index (χ3n) is 6.94. The normalized spacial score (nSPS) is 18.4. The number of nitrogens with zero attached hydrogens (tertiary/aromatic N) is 3. The van der Waals surface area contributed by atoms with Crippen LogP contribution in [0.15, 0.2) is 41.3 Å². The van der Waals surface area contributed by atoms with Gasteiger partial charge in [-0.3, -0.25) is 4.90 Å². The van der Waals surface area contributed by atoms with Crippen LogP contribution in [0, 0.1) is 0 Å². The number of hydrogen-bond acceptors (Lipinski definition) is 7. The van der Waals surface area contributed by atoms with Crippen molar-refractivity contribution in [1.82, 2.24) is 14.5 Å². The second-order valence-electron chi connectivity index (χ2n) is 9.14. The summed E-state index contributed by atoms with van der Waals surface area (Å²) in [6.07, 6.45) is 2.19. The number of anilines is 1. The summed E-state index contributed by atoms with van der Waals surface area (Å²) in [6.45, 7) is 5.07. The summed E-state index contributed by atoms with van der Waals surface area (Å²) in [5.41, 5.74) is 3.77. The van der Waals surface area contributed by atoms with Gasteiger partial charge < -0.3 is 19.3 Å². The molecule has 0 saturated carbocycles. The van der Waals surface area contributed by atoms with Gasteiger partial charge in [-0.2, -0.15) is 0 Å². The molecule has 8 nitrogen and oxygen atoms in total. The lowest BCUT2D eigenvalue weighted by Gasteiger charge is -2.39. The molecule has 2 heterocycles. The molecule has 1 saturated heterocycles. The minimum absolute atomic E-state index is 0.0507. The van der Waals surface area contributed by atoms with Crippen molar-refractivity contribution >= 4 is 15.7 Å². The fourth-order valence-electron chi connectivity index (χ4n) is 4.87. The molecule has 0 spiro atoms. The number of fused-ring (bicyclic) bond motifs is 1. The highest BCUT2D eigenvalue weighted by molar-refractivity contribution is 7.89. The zero-order valence-corrected chi connectivity index (χ0v) is 21.4. The molecule has 2 aliphatic rings. The predicted octanol–water partition coefficient (Wildman–Crippen LogP) is 2.35. The fourth-order valence-corrected chi connectivity index (χ4v) is 6.05. The standard InChI is InChI=1S/C25H36N4O4S/c1-27-12-14-29(15-13-27)23(20-7-9-22-19(16-20)6-5-11-28(22)2)18-26-34(30,31)25-10-8-21(32-3)17-24(25)33-4/h7-10,16-17,23,26H,5-6,11-15,18H2,1-4H3. The SMILES string of the molecule is COc1ccc(S(=O)(=O)NCC(c2ccc3c(c2)CCCN3C)N2CCN(C)CC2)c(OC)c1. The highest BCUT2D eigenvalue weighted by Gasteiger charge is 2.28. The van der Waals surface area contributed by atoms with E-state index < -0.39 is 10.0 Å². The van der Waals surface area contributed by atoms with Crippen molar-refractivity contribution in [3.8, 4) is 11.5 Å². The van der Waals surface area contributed by atoms with E-state index in [2.05, 4.69) is 51.7 Å². The minimum Gasteiger partial charge on any atom is -0.497 e. The lowest BCUT2D eigenvalue weighted by molar-refractivity contribution is 0.113. The molecule has 1 fully saturated rings. The third kappa shape index (κ3) is 5.33. The number of benzene rings is 2. The smallest absolute Gasteiger partial charge is 0.244 e. The van der Waals surface area contributed by atoms with Gasteiger partial charge in [-0.15, -0.1) is 0 Å². The van der Waals surface area contributed by atoms with Crippen molar-refractivity contribution in [2.45, 2.75) is 23.8 Å². The Balaban J connectivity index is 1.60. The minimum atomic E-state index is -3.78. The quantitative estimate of drug-likeness (QED) is 0.611. The molecule has 0 aromatic heterocycles. The molecule has 2 aromatic rings. The van der Waals surface area contributed by atoms with Crippen LogP contribution in [0.4, 0.5) is 5.69 Å². The number of methoxy groups -OCH3 is 2. The van der Waals surface area contributed by atoms with Crippen LogP contribution in [0.1, 0.15) is 23.6 Å². The van der Waals surface area contributed by atoms with Crippen LogP contribution >= 0.6 is 0 Å². The zero-order valence-electron chi connectivity index (χ0n) is 20.6. The summed E-state index contributed by atoms with van der Waals surface area (Å²) >= 11 is 0. The van der Waals surface area contributed by atoms with Gasteiger partial charge in [0.1, 0.15) is 16.4 Å². The van der Waals surface area contributed by atoms with Crippen LogP contribution < -0.4 is 19.1 Å². The zero-order chi connectivity index (χ0) is 24.3. The monoisotopic (exact) mass is 488 g/mol. The highest BCUT2D eigenvalue weighted by atomic mass is 32.2. The van der Waals surface area contributed by atoms with Gasteiger partial charge in [0.05, 0.1) is 14.2 Å². The van der Waals surface area contributed by atoms with E-state index in [-0.39, 0.29) is 23.2 Å². The van der Waals surface area contributed by atoms with E-state index in [0.29, 0.717) is 5.75 Å². The van der Waals surface area contributed by atoms with E-state index in [9.17, 15) is 8.42 Å². The molecule has 1 N–H and O–H groups in total. The molecular weight excluding hydrogens is 452 g/mol. The summed E-state index contributed by atoms with van der Waals surface area (Å²) in [5.74, 6) is 0.810. The molecule has 0 radical (unpaired) electrons. The highest BCUT2D eigenvalue weighted by Crippen LogP contribution is 2.32.